The highest BCUT2D eigenvalue weighted by atomic mass is 79.9. The summed E-state index contributed by atoms with van der Waals surface area (Å²) in [5.41, 5.74) is 3.72. The van der Waals surface area contributed by atoms with Crippen molar-refractivity contribution >= 4 is 21.8 Å². The molecule has 1 aliphatic heterocycles. The molecule has 2 aromatic carbocycles. The molecule has 6 nitrogen and oxygen atoms in total. The van der Waals surface area contributed by atoms with Gasteiger partial charge >= 0.3 is 0 Å². The number of hydrogen-bond donors (Lipinski definition) is 1. The van der Waals surface area contributed by atoms with Gasteiger partial charge in [-0.25, -0.2) is 4.68 Å². The number of methoxy groups -OCH3 is 1. The molecule has 0 bridgehead atoms. The van der Waals surface area contributed by atoms with Gasteiger partial charge in [0.15, 0.2) is 0 Å². The molecule has 0 aliphatic carbocycles. The van der Waals surface area contributed by atoms with Crippen LogP contribution in [0.25, 0.3) is 5.69 Å². The lowest BCUT2D eigenvalue weighted by molar-refractivity contribution is 0.0934. The van der Waals surface area contributed by atoms with E-state index in [-0.39, 0.29) is 5.91 Å². The van der Waals surface area contributed by atoms with Gasteiger partial charge in [0.2, 0.25) is 0 Å². The molecule has 0 saturated carbocycles. The topological polar surface area (TPSA) is 59.4 Å². The normalized spacial score (nSPS) is 15.0. The minimum atomic E-state index is -0.0495. The molecule has 1 fully saturated rings. The molecule has 4 rings (SSSR count). The van der Waals surface area contributed by atoms with Crippen LogP contribution in [0.4, 0.5) is 0 Å². The van der Waals surface area contributed by atoms with E-state index in [1.807, 2.05) is 43.3 Å². The van der Waals surface area contributed by atoms with E-state index in [2.05, 4.69) is 43.4 Å². The summed E-state index contributed by atoms with van der Waals surface area (Å²) in [5, 5.41) is 7.55. The Morgan fingerprint density at radius 2 is 1.81 bits per heavy atom. The van der Waals surface area contributed by atoms with Gasteiger partial charge in [-0.2, -0.15) is 5.10 Å². The van der Waals surface area contributed by atoms with Gasteiger partial charge in [0.25, 0.3) is 5.91 Å². The lowest BCUT2D eigenvalue weighted by Crippen LogP contribution is -2.38. The maximum absolute atomic E-state index is 12.8. The Bertz CT molecular complexity index is 1040. The predicted octanol–water partition coefficient (Wildman–Crippen LogP) is 4.59. The van der Waals surface area contributed by atoms with Gasteiger partial charge in [-0.05, 0) is 80.7 Å². The summed E-state index contributed by atoms with van der Waals surface area (Å²) in [4.78, 5) is 15.3. The standard InChI is InChI=1S/C25H29BrN4O2/c1-18-24(16-28-30(18)22-7-5-21(26)6-8-22)25(31)27-15-19-11-13-29(14-12-19)17-20-3-9-23(32-2)10-4-20/h3-10,16,19H,11-15,17H2,1-2H3,(H,27,31). The van der Waals surface area contributed by atoms with E-state index >= 15 is 0 Å². The summed E-state index contributed by atoms with van der Waals surface area (Å²) in [6, 6.07) is 16.2. The fourth-order valence-corrected chi connectivity index (χ4v) is 4.41. The summed E-state index contributed by atoms with van der Waals surface area (Å²) < 4.78 is 8.05. The average Bonchev–Trinajstić information content (AvgIpc) is 3.21. The Balaban J connectivity index is 1.26. The first-order valence-electron chi connectivity index (χ1n) is 11.0. The average molecular weight is 497 g/mol. The number of ether oxygens (including phenoxy) is 1. The lowest BCUT2D eigenvalue weighted by atomic mass is 9.96. The molecule has 1 saturated heterocycles. The van der Waals surface area contributed by atoms with E-state index in [9.17, 15) is 4.79 Å². The minimum Gasteiger partial charge on any atom is -0.497 e. The van der Waals surface area contributed by atoms with Crippen LogP contribution in [0.3, 0.4) is 0 Å². The molecule has 1 aliphatic rings. The Morgan fingerprint density at radius 1 is 1.12 bits per heavy atom. The first-order chi connectivity index (χ1) is 15.5. The van der Waals surface area contributed by atoms with Crippen LogP contribution < -0.4 is 10.1 Å². The maximum Gasteiger partial charge on any atom is 0.254 e. The number of likely N-dealkylation sites (tertiary alicyclic amines) is 1. The first-order valence-corrected chi connectivity index (χ1v) is 11.8. The Labute approximate surface area is 197 Å². The zero-order valence-corrected chi connectivity index (χ0v) is 20.1. The number of hydrogen-bond acceptors (Lipinski definition) is 4. The van der Waals surface area contributed by atoms with Crippen molar-refractivity contribution in [2.75, 3.05) is 26.7 Å². The van der Waals surface area contributed by atoms with E-state index < -0.39 is 0 Å². The maximum atomic E-state index is 12.8. The third-order valence-corrected chi connectivity index (χ3v) is 6.68. The highest BCUT2D eigenvalue weighted by Gasteiger charge is 2.21. The third-order valence-electron chi connectivity index (χ3n) is 6.15. The molecule has 0 unspecified atom stereocenters. The molecular formula is C25H29BrN4O2. The smallest absolute Gasteiger partial charge is 0.254 e. The molecule has 168 valence electrons. The fraction of sp³-hybridized carbons (Fsp3) is 0.360. The number of halogens is 1. The van der Waals surface area contributed by atoms with Crippen molar-refractivity contribution < 1.29 is 9.53 Å². The molecule has 0 spiro atoms. The number of piperidine rings is 1. The highest BCUT2D eigenvalue weighted by molar-refractivity contribution is 9.10. The summed E-state index contributed by atoms with van der Waals surface area (Å²) in [6.45, 7) is 5.69. The molecule has 1 N–H and O–H groups in total. The number of rotatable bonds is 7. The summed E-state index contributed by atoms with van der Waals surface area (Å²) >= 11 is 3.45. The fourth-order valence-electron chi connectivity index (χ4n) is 4.15. The van der Waals surface area contributed by atoms with E-state index in [0.717, 1.165) is 54.1 Å². The van der Waals surface area contributed by atoms with Gasteiger partial charge in [0.1, 0.15) is 5.75 Å². The summed E-state index contributed by atoms with van der Waals surface area (Å²) in [5.74, 6) is 1.35. The molecule has 7 heteroatoms. The monoisotopic (exact) mass is 496 g/mol. The van der Waals surface area contributed by atoms with Crippen LogP contribution in [-0.4, -0.2) is 47.3 Å². The van der Waals surface area contributed by atoms with E-state index in [0.29, 0.717) is 18.0 Å². The lowest BCUT2D eigenvalue weighted by Gasteiger charge is -2.32. The van der Waals surface area contributed by atoms with Gasteiger partial charge in [-0.15, -0.1) is 0 Å². The zero-order chi connectivity index (χ0) is 22.5. The zero-order valence-electron chi connectivity index (χ0n) is 18.6. The predicted molar refractivity (Wildman–Crippen MR) is 129 cm³/mol. The number of amides is 1. The number of carbonyl (C=O) groups excluding carboxylic acids is 1. The molecule has 0 radical (unpaired) electrons. The van der Waals surface area contributed by atoms with E-state index in [4.69, 9.17) is 4.74 Å². The molecule has 1 amide bonds. The van der Waals surface area contributed by atoms with Crippen LogP contribution in [0.1, 0.15) is 34.5 Å². The molecular weight excluding hydrogens is 468 g/mol. The van der Waals surface area contributed by atoms with Crippen LogP contribution in [0.5, 0.6) is 5.75 Å². The van der Waals surface area contributed by atoms with Crippen LogP contribution in [0, 0.1) is 12.8 Å². The number of aromatic nitrogens is 2. The Morgan fingerprint density at radius 3 is 2.47 bits per heavy atom. The van der Waals surface area contributed by atoms with Gasteiger partial charge in [-0.1, -0.05) is 28.1 Å². The minimum absolute atomic E-state index is 0.0495. The quantitative estimate of drug-likeness (QED) is 0.519. The summed E-state index contributed by atoms with van der Waals surface area (Å²) in [6.07, 6.45) is 3.84. The van der Waals surface area contributed by atoms with E-state index in [1.54, 1.807) is 18.0 Å². The molecule has 1 aromatic heterocycles. The second-order valence-corrected chi connectivity index (χ2v) is 9.23. The van der Waals surface area contributed by atoms with Gasteiger partial charge in [-0.3, -0.25) is 9.69 Å². The third kappa shape index (κ3) is 5.40. The van der Waals surface area contributed by atoms with Crippen LogP contribution in [0.2, 0.25) is 0 Å². The number of benzene rings is 2. The van der Waals surface area contributed by atoms with E-state index in [1.165, 1.54) is 5.56 Å². The van der Waals surface area contributed by atoms with Crippen molar-refractivity contribution in [3.8, 4) is 11.4 Å². The molecule has 0 atom stereocenters. The van der Waals surface area contributed by atoms with Crippen molar-refractivity contribution in [3.63, 3.8) is 0 Å². The van der Waals surface area contributed by atoms with Crippen LogP contribution in [-0.2, 0) is 6.54 Å². The number of carbonyl (C=O) groups is 1. The van der Waals surface area contributed by atoms with Crippen molar-refractivity contribution in [1.29, 1.82) is 0 Å². The molecule has 2 heterocycles. The second kappa shape index (κ2) is 10.3. The molecule has 32 heavy (non-hydrogen) atoms. The van der Waals surface area contributed by atoms with Gasteiger partial charge in [0.05, 0.1) is 30.3 Å². The second-order valence-electron chi connectivity index (χ2n) is 8.31. The first kappa shape index (κ1) is 22.6. The van der Waals surface area contributed by atoms with Gasteiger partial charge in [0, 0.05) is 17.6 Å². The van der Waals surface area contributed by atoms with Crippen molar-refractivity contribution in [2.45, 2.75) is 26.3 Å². The largest absolute Gasteiger partial charge is 0.497 e. The summed E-state index contributed by atoms with van der Waals surface area (Å²) in [7, 11) is 1.69. The van der Waals surface area contributed by atoms with Crippen molar-refractivity contribution in [3.05, 3.63) is 76.0 Å². The van der Waals surface area contributed by atoms with Crippen LogP contribution >= 0.6 is 15.9 Å². The van der Waals surface area contributed by atoms with Crippen molar-refractivity contribution in [1.82, 2.24) is 20.0 Å². The highest BCUT2D eigenvalue weighted by Crippen LogP contribution is 2.21. The number of nitrogens with zero attached hydrogens (tertiary/aromatic N) is 3. The van der Waals surface area contributed by atoms with Gasteiger partial charge < -0.3 is 10.1 Å². The Kier molecular flexibility index (Phi) is 7.27. The Hall–Kier alpha value is -2.64. The number of nitrogens with one attached hydrogen (secondary N) is 1. The van der Waals surface area contributed by atoms with Crippen molar-refractivity contribution in [2.24, 2.45) is 5.92 Å². The van der Waals surface area contributed by atoms with Crippen LogP contribution in [0.15, 0.2) is 59.2 Å². The SMILES string of the molecule is COc1ccc(CN2CCC(CNC(=O)c3cnn(-c4ccc(Br)cc4)c3C)CC2)cc1. The molecule has 3 aromatic rings.